The molecule has 0 aliphatic carbocycles. The van der Waals surface area contributed by atoms with Crippen LogP contribution in [0.5, 0.6) is 0 Å². The van der Waals surface area contributed by atoms with Crippen LogP contribution in [0.2, 0.25) is 0 Å². The largest absolute Gasteiger partial charge is 0.336 e. The quantitative estimate of drug-likeness (QED) is 0.840. The first kappa shape index (κ1) is 12.7. The lowest BCUT2D eigenvalue weighted by Gasteiger charge is -2.27. The summed E-state index contributed by atoms with van der Waals surface area (Å²) in [5.74, 6) is 0.212. The van der Waals surface area contributed by atoms with Crippen molar-refractivity contribution in [2.75, 3.05) is 6.54 Å². The molecule has 1 aromatic rings. The Labute approximate surface area is 115 Å². The fraction of sp³-hybridized carbons (Fsp3) is 0.562. The summed E-state index contributed by atoms with van der Waals surface area (Å²) in [5.41, 5.74) is 3.48. The molecule has 0 radical (unpaired) electrons. The lowest BCUT2D eigenvalue weighted by molar-refractivity contribution is 0.0698. The Morgan fingerprint density at radius 2 is 2.05 bits per heavy atom. The third kappa shape index (κ3) is 2.52. The fourth-order valence-electron chi connectivity index (χ4n) is 3.17. The second kappa shape index (κ2) is 5.33. The summed E-state index contributed by atoms with van der Waals surface area (Å²) in [7, 11) is 0. The van der Waals surface area contributed by atoms with E-state index in [2.05, 4.69) is 29.3 Å². The van der Waals surface area contributed by atoms with Gasteiger partial charge in [0.1, 0.15) is 0 Å². The highest BCUT2D eigenvalue weighted by molar-refractivity contribution is 5.94. The molecule has 0 spiro atoms. The van der Waals surface area contributed by atoms with E-state index in [9.17, 15) is 4.79 Å². The maximum absolute atomic E-state index is 12.7. The highest BCUT2D eigenvalue weighted by Gasteiger charge is 2.24. The Balaban J connectivity index is 1.82. The minimum absolute atomic E-state index is 0.212. The third-order valence-corrected chi connectivity index (χ3v) is 4.40. The van der Waals surface area contributed by atoms with E-state index in [1.165, 1.54) is 24.0 Å². The number of hydrogen-bond donors (Lipinski definition) is 1. The van der Waals surface area contributed by atoms with Gasteiger partial charge >= 0.3 is 0 Å². The van der Waals surface area contributed by atoms with E-state index >= 15 is 0 Å². The molecule has 1 unspecified atom stereocenters. The normalized spacial score (nSPS) is 23.0. The predicted octanol–water partition coefficient (Wildman–Crippen LogP) is 2.69. The number of fused-ring (bicyclic) bond motifs is 1. The van der Waals surface area contributed by atoms with E-state index < -0.39 is 0 Å². The van der Waals surface area contributed by atoms with Crippen LogP contribution in [0.4, 0.5) is 0 Å². The van der Waals surface area contributed by atoms with Crippen LogP contribution in [0.1, 0.15) is 54.1 Å². The fourth-order valence-corrected chi connectivity index (χ4v) is 3.17. The van der Waals surface area contributed by atoms with Gasteiger partial charge in [-0.15, -0.1) is 0 Å². The number of likely N-dealkylation sites (tertiary alicyclic amines) is 1. The molecule has 1 fully saturated rings. The number of carbonyl (C=O) groups is 1. The first-order valence-corrected chi connectivity index (χ1v) is 7.39. The number of nitrogens with zero attached hydrogens (tertiary/aromatic N) is 1. The van der Waals surface area contributed by atoms with Crippen molar-refractivity contribution in [2.45, 2.75) is 51.7 Å². The highest BCUT2D eigenvalue weighted by Crippen LogP contribution is 2.22. The zero-order chi connectivity index (χ0) is 13.2. The minimum Gasteiger partial charge on any atom is -0.336 e. The maximum atomic E-state index is 12.7. The van der Waals surface area contributed by atoms with Gasteiger partial charge in [-0.2, -0.15) is 0 Å². The Kier molecular flexibility index (Phi) is 3.56. The second-order valence-corrected chi connectivity index (χ2v) is 5.78. The van der Waals surface area contributed by atoms with E-state index in [0.717, 1.165) is 38.0 Å². The van der Waals surface area contributed by atoms with Gasteiger partial charge in [0, 0.05) is 31.2 Å². The Morgan fingerprint density at radius 3 is 2.95 bits per heavy atom. The van der Waals surface area contributed by atoms with Gasteiger partial charge in [0.15, 0.2) is 0 Å². The van der Waals surface area contributed by atoms with Crippen molar-refractivity contribution < 1.29 is 4.79 Å². The van der Waals surface area contributed by atoms with E-state index in [4.69, 9.17) is 0 Å². The molecule has 0 bridgehead atoms. The second-order valence-electron chi connectivity index (χ2n) is 5.78. The van der Waals surface area contributed by atoms with Gasteiger partial charge in [-0.25, -0.2) is 0 Å². The van der Waals surface area contributed by atoms with Gasteiger partial charge in [-0.05, 0) is 43.0 Å². The van der Waals surface area contributed by atoms with Crippen LogP contribution in [0.25, 0.3) is 0 Å². The average molecular weight is 258 g/mol. The molecule has 3 rings (SSSR count). The van der Waals surface area contributed by atoms with E-state index in [-0.39, 0.29) is 5.91 Å². The number of hydrogen-bond acceptors (Lipinski definition) is 2. The van der Waals surface area contributed by atoms with Crippen LogP contribution >= 0.6 is 0 Å². The molecule has 3 nitrogen and oxygen atoms in total. The first-order chi connectivity index (χ1) is 9.25. The van der Waals surface area contributed by atoms with Crippen molar-refractivity contribution in [2.24, 2.45) is 0 Å². The third-order valence-electron chi connectivity index (χ3n) is 4.40. The standard InChI is InChI=1S/C16H22N2O/c1-12-5-3-2-4-8-18(12)16(19)13-6-7-14-10-17-11-15(14)9-13/h6-7,9,12,17H,2-5,8,10-11H2,1H3. The number of rotatable bonds is 1. The summed E-state index contributed by atoms with van der Waals surface area (Å²) in [6.45, 7) is 4.92. The molecular weight excluding hydrogens is 236 g/mol. The molecule has 1 aromatic carbocycles. The number of benzene rings is 1. The zero-order valence-corrected chi connectivity index (χ0v) is 11.6. The van der Waals surface area contributed by atoms with Gasteiger partial charge in [0.05, 0.1) is 0 Å². The van der Waals surface area contributed by atoms with Crippen molar-refractivity contribution in [1.29, 1.82) is 0 Å². The van der Waals surface area contributed by atoms with Crippen molar-refractivity contribution in [3.05, 3.63) is 34.9 Å². The molecular formula is C16H22N2O. The van der Waals surface area contributed by atoms with Gasteiger partial charge in [-0.3, -0.25) is 4.79 Å². The highest BCUT2D eigenvalue weighted by atomic mass is 16.2. The molecule has 2 aliphatic heterocycles. The Hall–Kier alpha value is -1.35. The SMILES string of the molecule is CC1CCCCCN1C(=O)c1ccc2c(c1)CNC2. The van der Waals surface area contributed by atoms with Crippen LogP contribution in [-0.4, -0.2) is 23.4 Å². The van der Waals surface area contributed by atoms with Crippen LogP contribution < -0.4 is 5.32 Å². The molecule has 2 heterocycles. The first-order valence-electron chi connectivity index (χ1n) is 7.39. The molecule has 19 heavy (non-hydrogen) atoms. The van der Waals surface area contributed by atoms with E-state index in [0.29, 0.717) is 6.04 Å². The summed E-state index contributed by atoms with van der Waals surface area (Å²) < 4.78 is 0. The monoisotopic (exact) mass is 258 g/mol. The number of carbonyl (C=O) groups excluding carboxylic acids is 1. The molecule has 1 atom stereocenters. The number of amides is 1. The van der Waals surface area contributed by atoms with Gasteiger partial charge in [0.2, 0.25) is 0 Å². The summed E-state index contributed by atoms with van der Waals surface area (Å²) >= 11 is 0. The Morgan fingerprint density at radius 1 is 1.21 bits per heavy atom. The van der Waals surface area contributed by atoms with Crippen LogP contribution in [0.3, 0.4) is 0 Å². The van der Waals surface area contributed by atoms with E-state index in [1.807, 2.05) is 6.07 Å². The molecule has 2 aliphatic rings. The predicted molar refractivity (Wildman–Crippen MR) is 76.0 cm³/mol. The maximum Gasteiger partial charge on any atom is 0.254 e. The van der Waals surface area contributed by atoms with Gasteiger partial charge in [-0.1, -0.05) is 18.9 Å². The van der Waals surface area contributed by atoms with Crippen molar-refractivity contribution in [1.82, 2.24) is 10.2 Å². The van der Waals surface area contributed by atoms with Crippen molar-refractivity contribution >= 4 is 5.91 Å². The van der Waals surface area contributed by atoms with Gasteiger partial charge < -0.3 is 10.2 Å². The summed E-state index contributed by atoms with van der Waals surface area (Å²) in [6, 6.07) is 6.55. The van der Waals surface area contributed by atoms with Crippen LogP contribution in [-0.2, 0) is 13.1 Å². The molecule has 1 saturated heterocycles. The number of nitrogens with one attached hydrogen (secondary N) is 1. The lowest BCUT2D eigenvalue weighted by atomic mass is 10.0. The Bertz CT molecular complexity index is 484. The summed E-state index contributed by atoms with van der Waals surface area (Å²) in [5, 5.41) is 3.33. The molecule has 1 amide bonds. The van der Waals surface area contributed by atoms with Crippen molar-refractivity contribution in [3.8, 4) is 0 Å². The molecule has 3 heteroatoms. The molecule has 0 saturated carbocycles. The summed E-state index contributed by atoms with van der Waals surface area (Å²) in [6.07, 6.45) is 4.78. The van der Waals surface area contributed by atoms with Crippen LogP contribution in [0.15, 0.2) is 18.2 Å². The molecule has 102 valence electrons. The smallest absolute Gasteiger partial charge is 0.254 e. The minimum atomic E-state index is 0.212. The average Bonchev–Trinajstić information content (AvgIpc) is 2.79. The molecule has 1 N–H and O–H groups in total. The molecule has 0 aromatic heterocycles. The van der Waals surface area contributed by atoms with Crippen LogP contribution in [0, 0.1) is 0 Å². The zero-order valence-electron chi connectivity index (χ0n) is 11.6. The van der Waals surface area contributed by atoms with Gasteiger partial charge in [0.25, 0.3) is 5.91 Å². The lowest BCUT2D eigenvalue weighted by Crippen LogP contribution is -2.38. The topological polar surface area (TPSA) is 32.3 Å². The van der Waals surface area contributed by atoms with Crippen molar-refractivity contribution in [3.63, 3.8) is 0 Å². The summed E-state index contributed by atoms with van der Waals surface area (Å²) in [4.78, 5) is 14.7. The van der Waals surface area contributed by atoms with E-state index in [1.54, 1.807) is 0 Å².